The fourth-order valence-corrected chi connectivity index (χ4v) is 5.11. The van der Waals surface area contributed by atoms with Crippen LogP contribution in [0.1, 0.15) is 5.82 Å². The maximum Gasteiger partial charge on any atom is 0.260 e. The Kier molecular flexibility index (Phi) is 4.93. The number of aromatic nitrogens is 5. The van der Waals surface area contributed by atoms with Crippen molar-refractivity contribution in [1.29, 1.82) is 0 Å². The van der Waals surface area contributed by atoms with Crippen molar-refractivity contribution in [2.24, 2.45) is 7.05 Å². The first kappa shape index (κ1) is 19.1. The van der Waals surface area contributed by atoms with Crippen LogP contribution in [0.5, 0.6) is 0 Å². The van der Waals surface area contributed by atoms with Crippen LogP contribution in [0.15, 0.2) is 62.4 Å². The minimum atomic E-state index is -0.180. The van der Waals surface area contributed by atoms with E-state index < -0.39 is 0 Å². The number of benzene rings is 1. The fourth-order valence-electron chi connectivity index (χ4n) is 3.13. The molecule has 10 heteroatoms. The summed E-state index contributed by atoms with van der Waals surface area (Å²) in [6.07, 6.45) is 1.60. The van der Waals surface area contributed by atoms with E-state index in [9.17, 15) is 4.79 Å². The molecule has 30 heavy (non-hydrogen) atoms. The summed E-state index contributed by atoms with van der Waals surface area (Å²) in [5.74, 6) is 2.32. The van der Waals surface area contributed by atoms with E-state index in [1.807, 2.05) is 47.3 Å². The van der Waals surface area contributed by atoms with Crippen molar-refractivity contribution >= 4 is 44.9 Å². The number of nitrogens with zero attached hydrogens (tertiary/aromatic N) is 4. The summed E-state index contributed by atoms with van der Waals surface area (Å²) >= 11 is 9.19. The maximum absolute atomic E-state index is 12.8. The first-order chi connectivity index (χ1) is 14.6. The number of H-pyrrole nitrogens is 1. The minimum Gasteiger partial charge on any atom is -0.461 e. The van der Waals surface area contributed by atoms with Gasteiger partial charge in [0, 0.05) is 28.6 Å². The minimum absolute atomic E-state index is 0.180. The van der Waals surface area contributed by atoms with Gasteiger partial charge in [0.2, 0.25) is 0 Å². The van der Waals surface area contributed by atoms with E-state index >= 15 is 0 Å². The molecule has 7 nitrogen and oxygen atoms in total. The van der Waals surface area contributed by atoms with Gasteiger partial charge in [-0.15, -0.1) is 21.5 Å². The SMILES string of the molecule is Cn1c(SCc2nc3scc(-c4ccccc4Cl)c3c(=O)[nH]2)nnc1-c1ccco1. The molecule has 150 valence electrons. The summed E-state index contributed by atoms with van der Waals surface area (Å²) in [5.41, 5.74) is 1.44. The summed E-state index contributed by atoms with van der Waals surface area (Å²) < 4.78 is 7.24. The van der Waals surface area contributed by atoms with E-state index in [1.54, 1.807) is 12.3 Å². The van der Waals surface area contributed by atoms with Crippen molar-refractivity contribution in [2.75, 3.05) is 0 Å². The predicted octanol–water partition coefficient (Wildman–Crippen LogP) is 4.99. The average Bonchev–Trinajstić information content (AvgIpc) is 3.47. The number of furan rings is 1. The van der Waals surface area contributed by atoms with Gasteiger partial charge in [0.15, 0.2) is 16.7 Å². The van der Waals surface area contributed by atoms with Gasteiger partial charge in [-0.2, -0.15) is 0 Å². The lowest BCUT2D eigenvalue weighted by molar-refractivity contribution is 0.572. The zero-order chi connectivity index (χ0) is 20.7. The largest absolute Gasteiger partial charge is 0.461 e. The molecule has 0 aliphatic carbocycles. The van der Waals surface area contributed by atoms with E-state index in [0.29, 0.717) is 43.6 Å². The van der Waals surface area contributed by atoms with Crippen LogP contribution in [0.4, 0.5) is 0 Å². The lowest BCUT2D eigenvalue weighted by atomic mass is 10.1. The van der Waals surface area contributed by atoms with Crippen molar-refractivity contribution in [3.63, 3.8) is 0 Å². The number of halogens is 1. The molecule has 1 N–H and O–H groups in total. The van der Waals surface area contributed by atoms with E-state index in [0.717, 1.165) is 11.1 Å². The predicted molar refractivity (Wildman–Crippen MR) is 119 cm³/mol. The molecule has 0 saturated carbocycles. The molecule has 0 unspecified atom stereocenters. The molecule has 0 bridgehead atoms. The Morgan fingerprint density at radius 3 is 2.87 bits per heavy atom. The molecular formula is C20H14ClN5O2S2. The zero-order valence-electron chi connectivity index (χ0n) is 15.6. The molecular weight excluding hydrogens is 442 g/mol. The normalized spacial score (nSPS) is 11.4. The number of thioether (sulfide) groups is 1. The molecule has 5 rings (SSSR count). The standard InChI is InChI=1S/C20H14ClN5O2S2/c1-26-17(14-7-4-8-28-14)24-25-20(26)30-10-15-22-18(27)16-12(9-29-19(16)23-15)11-5-2-3-6-13(11)21/h2-9H,10H2,1H3,(H,22,23,27). The van der Waals surface area contributed by atoms with Gasteiger partial charge in [0.05, 0.1) is 17.4 Å². The summed E-state index contributed by atoms with van der Waals surface area (Å²) in [6.45, 7) is 0. The molecule has 0 saturated heterocycles. The molecule has 4 heterocycles. The molecule has 0 atom stereocenters. The van der Waals surface area contributed by atoms with Gasteiger partial charge >= 0.3 is 0 Å². The summed E-state index contributed by atoms with van der Waals surface area (Å²) in [7, 11) is 1.87. The molecule has 0 fully saturated rings. The second kappa shape index (κ2) is 7.75. The van der Waals surface area contributed by atoms with Crippen LogP contribution in [-0.4, -0.2) is 24.7 Å². The Hall–Kier alpha value is -2.88. The van der Waals surface area contributed by atoms with Crippen molar-refractivity contribution in [1.82, 2.24) is 24.7 Å². The third-order valence-corrected chi connectivity index (χ3v) is 6.80. The Morgan fingerprint density at radius 2 is 2.07 bits per heavy atom. The highest BCUT2D eigenvalue weighted by molar-refractivity contribution is 7.98. The highest BCUT2D eigenvalue weighted by Crippen LogP contribution is 2.35. The Labute approximate surface area is 183 Å². The molecule has 0 radical (unpaired) electrons. The zero-order valence-corrected chi connectivity index (χ0v) is 18.0. The smallest absolute Gasteiger partial charge is 0.260 e. The van der Waals surface area contributed by atoms with Gasteiger partial charge in [-0.05, 0) is 18.2 Å². The van der Waals surface area contributed by atoms with Crippen LogP contribution < -0.4 is 5.56 Å². The number of rotatable bonds is 5. The fraction of sp³-hybridized carbons (Fsp3) is 0.100. The maximum atomic E-state index is 12.8. The highest BCUT2D eigenvalue weighted by Gasteiger charge is 2.17. The molecule has 5 aromatic rings. The second-order valence-corrected chi connectivity index (χ2v) is 8.66. The Bertz CT molecular complexity index is 1400. The quantitative estimate of drug-likeness (QED) is 0.376. The molecule has 0 amide bonds. The monoisotopic (exact) mass is 455 g/mol. The number of hydrogen-bond acceptors (Lipinski definition) is 7. The van der Waals surface area contributed by atoms with E-state index in [4.69, 9.17) is 16.0 Å². The van der Waals surface area contributed by atoms with Gasteiger partial charge in [0.1, 0.15) is 10.7 Å². The van der Waals surface area contributed by atoms with Gasteiger partial charge in [-0.3, -0.25) is 4.79 Å². The molecule has 1 aromatic carbocycles. The summed E-state index contributed by atoms with van der Waals surface area (Å²) in [5, 5.41) is 12.2. The van der Waals surface area contributed by atoms with Gasteiger partial charge in [-0.1, -0.05) is 41.6 Å². The highest BCUT2D eigenvalue weighted by atomic mass is 35.5. The van der Waals surface area contributed by atoms with Crippen molar-refractivity contribution in [3.05, 3.63) is 69.2 Å². The topological polar surface area (TPSA) is 89.6 Å². The number of fused-ring (bicyclic) bond motifs is 1. The lowest BCUT2D eigenvalue weighted by Crippen LogP contribution is -2.11. The number of hydrogen-bond donors (Lipinski definition) is 1. The Morgan fingerprint density at radius 1 is 1.20 bits per heavy atom. The van der Waals surface area contributed by atoms with Crippen LogP contribution in [0.3, 0.4) is 0 Å². The van der Waals surface area contributed by atoms with Gasteiger partial charge < -0.3 is 14.0 Å². The summed E-state index contributed by atoms with van der Waals surface area (Å²) in [4.78, 5) is 21.0. The molecule has 0 aliphatic heterocycles. The van der Waals surface area contributed by atoms with Crippen LogP contribution >= 0.6 is 34.7 Å². The first-order valence-corrected chi connectivity index (χ1v) is 11.2. The lowest BCUT2D eigenvalue weighted by Gasteiger charge is -2.04. The van der Waals surface area contributed by atoms with Gasteiger partial charge in [-0.25, -0.2) is 4.98 Å². The van der Waals surface area contributed by atoms with Crippen molar-refractivity contribution < 1.29 is 4.42 Å². The third kappa shape index (κ3) is 3.34. The second-order valence-electron chi connectivity index (χ2n) is 6.45. The average molecular weight is 456 g/mol. The van der Waals surface area contributed by atoms with E-state index in [-0.39, 0.29) is 5.56 Å². The number of thiophene rings is 1. The van der Waals surface area contributed by atoms with Crippen LogP contribution in [0.25, 0.3) is 32.9 Å². The molecule has 4 aromatic heterocycles. The summed E-state index contributed by atoms with van der Waals surface area (Å²) in [6, 6.07) is 11.1. The number of aromatic amines is 1. The van der Waals surface area contributed by atoms with E-state index in [2.05, 4.69) is 20.2 Å². The number of nitrogens with one attached hydrogen (secondary N) is 1. The third-order valence-electron chi connectivity index (χ3n) is 4.57. The van der Waals surface area contributed by atoms with Crippen molar-refractivity contribution in [3.8, 4) is 22.7 Å². The Balaban J connectivity index is 1.43. The van der Waals surface area contributed by atoms with Crippen LogP contribution in [-0.2, 0) is 12.8 Å². The van der Waals surface area contributed by atoms with Crippen LogP contribution in [0, 0.1) is 0 Å². The molecule has 0 aliphatic rings. The van der Waals surface area contributed by atoms with Crippen LogP contribution in [0.2, 0.25) is 5.02 Å². The van der Waals surface area contributed by atoms with Gasteiger partial charge in [0.25, 0.3) is 5.56 Å². The first-order valence-electron chi connectivity index (χ1n) is 8.93. The van der Waals surface area contributed by atoms with E-state index in [1.165, 1.54) is 23.1 Å². The molecule has 0 spiro atoms. The van der Waals surface area contributed by atoms with Crippen molar-refractivity contribution in [2.45, 2.75) is 10.9 Å².